The van der Waals surface area contributed by atoms with Crippen molar-refractivity contribution in [1.29, 1.82) is 0 Å². The summed E-state index contributed by atoms with van der Waals surface area (Å²) in [5.74, 6) is 0. The van der Waals surface area contributed by atoms with E-state index >= 15 is 0 Å². The Kier molecular flexibility index (Phi) is 2.27. The van der Waals surface area contributed by atoms with Gasteiger partial charge in [0.2, 0.25) is 0 Å². The Balaban J connectivity index is 1.64. The zero-order valence-corrected chi connectivity index (χ0v) is 10.4. The van der Waals surface area contributed by atoms with E-state index in [1.54, 1.807) is 0 Å². The highest BCUT2D eigenvalue weighted by Gasteiger charge is 2.27. The van der Waals surface area contributed by atoms with Gasteiger partial charge in [0, 0.05) is 0 Å². The number of allylic oxidation sites excluding steroid dienone is 2. The maximum atomic E-state index is 4.53. The van der Waals surface area contributed by atoms with Gasteiger partial charge in [-0.15, -0.1) is 0 Å². The first-order valence-electron chi connectivity index (χ1n) is 6.46. The standard InChI is InChI=1S/C15H14N4/c1-3-7-14-12(5-1)16-9-18(14)11-19-10-17-13-6-2-4-8-15(13)19/h1-10,12,14H,11H2. The summed E-state index contributed by atoms with van der Waals surface area (Å²) in [6.45, 7) is 0.781. The lowest BCUT2D eigenvalue weighted by Gasteiger charge is -2.26. The molecule has 1 aliphatic heterocycles. The molecule has 1 aromatic carbocycles. The molecular weight excluding hydrogens is 236 g/mol. The van der Waals surface area contributed by atoms with E-state index in [9.17, 15) is 0 Å². The Bertz CT molecular complexity index is 695. The number of aromatic nitrogens is 2. The number of rotatable bonds is 2. The first-order valence-corrected chi connectivity index (χ1v) is 6.46. The highest BCUT2D eigenvalue weighted by molar-refractivity contribution is 5.75. The molecule has 19 heavy (non-hydrogen) atoms. The number of hydrogen-bond acceptors (Lipinski definition) is 3. The molecule has 0 bridgehead atoms. The summed E-state index contributed by atoms with van der Waals surface area (Å²) >= 11 is 0. The van der Waals surface area contributed by atoms with Gasteiger partial charge >= 0.3 is 0 Å². The molecule has 94 valence electrons. The first-order chi connectivity index (χ1) is 9.42. The molecule has 4 rings (SSSR count). The molecule has 2 heterocycles. The Labute approximate surface area is 111 Å². The van der Waals surface area contributed by atoms with Crippen molar-refractivity contribution in [2.24, 2.45) is 4.99 Å². The summed E-state index contributed by atoms with van der Waals surface area (Å²) in [6, 6.07) is 8.80. The third kappa shape index (κ3) is 1.68. The van der Waals surface area contributed by atoms with Crippen LogP contribution in [0, 0.1) is 0 Å². The summed E-state index contributed by atoms with van der Waals surface area (Å²) in [7, 11) is 0. The molecule has 1 aliphatic carbocycles. The predicted molar refractivity (Wildman–Crippen MR) is 75.9 cm³/mol. The Morgan fingerprint density at radius 3 is 3.00 bits per heavy atom. The van der Waals surface area contributed by atoms with E-state index in [0.29, 0.717) is 6.04 Å². The number of hydrogen-bond donors (Lipinski definition) is 0. The van der Waals surface area contributed by atoms with Crippen molar-refractivity contribution in [3.8, 4) is 0 Å². The number of nitrogens with zero attached hydrogens (tertiary/aromatic N) is 4. The highest BCUT2D eigenvalue weighted by Crippen LogP contribution is 2.21. The molecule has 0 fully saturated rings. The monoisotopic (exact) mass is 250 g/mol. The van der Waals surface area contributed by atoms with Crippen LogP contribution >= 0.6 is 0 Å². The summed E-state index contributed by atoms with van der Waals surface area (Å²) < 4.78 is 2.16. The minimum absolute atomic E-state index is 0.264. The van der Waals surface area contributed by atoms with Gasteiger partial charge in [0.1, 0.15) is 0 Å². The van der Waals surface area contributed by atoms with Crippen LogP contribution in [0.2, 0.25) is 0 Å². The quantitative estimate of drug-likeness (QED) is 0.818. The van der Waals surface area contributed by atoms with Gasteiger partial charge in [0.25, 0.3) is 0 Å². The molecule has 0 saturated carbocycles. The maximum absolute atomic E-state index is 4.53. The molecule has 2 unspecified atom stereocenters. The van der Waals surface area contributed by atoms with Crippen molar-refractivity contribution in [2.45, 2.75) is 18.8 Å². The summed E-state index contributed by atoms with van der Waals surface area (Å²) in [5.41, 5.74) is 2.20. The van der Waals surface area contributed by atoms with Crippen LogP contribution in [0.3, 0.4) is 0 Å². The van der Waals surface area contributed by atoms with E-state index in [1.165, 1.54) is 0 Å². The Morgan fingerprint density at radius 2 is 2.00 bits per heavy atom. The van der Waals surface area contributed by atoms with E-state index in [0.717, 1.165) is 17.7 Å². The topological polar surface area (TPSA) is 33.4 Å². The van der Waals surface area contributed by atoms with Crippen LogP contribution in [0.1, 0.15) is 0 Å². The van der Waals surface area contributed by atoms with E-state index in [1.807, 2.05) is 30.9 Å². The van der Waals surface area contributed by atoms with Crippen molar-refractivity contribution < 1.29 is 0 Å². The number of fused-ring (bicyclic) bond motifs is 2. The van der Waals surface area contributed by atoms with Crippen molar-refractivity contribution in [3.05, 3.63) is 54.9 Å². The van der Waals surface area contributed by atoms with Crippen LogP contribution < -0.4 is 0 Å². The third-order valence-electron chi connectivity index (χ3n) is 3.69. The molecule has 0 spiro atoms. The van der Waals surface area contributed by atoms with Gasteiger partial charge in [-0.05, 0) is 12.1 Å². The molecule has 2 atom stereocenters. The van der Waals surface area contributed by atoms with Crippen LogP contribution in [0.25, 0.3) is 11.0 Å². The fourth-order valence-electron chi connectivity index (χ4n) is 2.70. The smallest absolute Gasteiger partial charge is 0.0976 e. The van der Waals surface area contributed by atoms with Gasteiger partial charge < -0.3 is 9.47 Å². The maximum Gasteiger partial charge on any atom is 0.0976 e. The predicted octanol–water partition coefficient (Wildman–Crippen LogP) is 2.20. The van der Waals surface area contributed by atoms with Crippen LogP contribution in [-0.4, -0.2) is 32.9 Å². The molecule has 4 nitrogen and oxygen atoms in total. The summed E-state index contributed by atoms with van der Waals surface area (Å²) in [6.07, 6.45) is 12.4. The molecular formula is C15H14N4. The molecule has 0 amide bonds. The van der Waals surface area contributed by atoms with Crippen molar-refractivity contribution in [2.75, 3.05) is 0 Å². The molecule has 0 saturated heterocycles. The normalized spacial score (nSPS) is 24.3. The first kappa shape index (κ1) is 10.6. The SMILES string of the molecule is C1=CC2N=CN(Cn3cnc4ccccc43)C2C=C1. The molecule has 0 radical (unpaired) electrons. The Hall–Kier alpha value is -2.36. The van der Waals surface area contributed by atoms with Crippen LogP contribution in [0.15, 0.2) is 59.9 Å². The lowest BCUT2D eigenvalue weighted by Crippen LogP contribution is -2.36. The Morgan fingerprint density at radius 1 is 1.11 bits per heavy atom. The van der Waals surface area contributed by atoms with Gasteiger partial charge in [-0.2, -0.15) is 0 Å². The van der Waals surface area contributed by atoms with Gasteiger partial charge in [0.15, 0.2) is 0 Å². The minimum atomic E-state index is 0.264. The van der Waals surface area contributed by atoms with Gasteiger partial charge in [-0.25, -0.2) is 4.98 Å². The zero-order valence-electron chi connectivity index (χ0n) is 10.4. The fraction of sp³-hybridized carbons (Fsp3) is 0.200. The number of para-hydroxylation sites is 2. The number of aliphatic imine (C=N–C) groups is 1. The zero-order chi connectivity index (χ0) is 12.7. The van der Waals surface area contributed by atoms with Crippen molar-refractivity contribution in [1.82, 2.24) is 14.5 Å². The van der Waals surface area contributed by atoms with E-state index < -0.39 is 0 Å². The summed E-state index contributed by atoms with van der Waals surface area (Å²) in [5, 5.41) is 0. The lowest BCUT2D eigenvalue weighted by molar-refractivity contribution is 0.315. The fourth-order valence-corrected chi connectivity index (χ4v) is 2.70. The van der Waals surface area contributed by atoms with Crippen LogP contribution in [0.4, 0.5) is 0 Å². The highest BCUT2D eigenvalue weighted by atomic mass is 15.3. The second-order valence-electron chi connectivity index (χ2n) is 4.87. The number of benzene rings is 1. The average Bonchev–Trinajstić information content (AvgIpc) is 3.05. The molecule has 2 aliphatic rings. The molecule has 0 N–H and O–H groups in total. The van der Waals surface area contributed by atoms with E-state index in [-0.39, 0.29) is 6.04 Å². The van der Waals surface area contributed by atoms with E-state index in [2.05, 4.69) is 49.8 Å². The van der Waals surface area contributed by atoms with Crippen LogP contribution in [0.5, 0.6) is 0 Å². The van der Waals surface area contributed by atoms with Gasteiger partial charge in [0.05, 0.1) is 42.5 Å². The molecule has 2 aromatic rings. The number of imidazole rings is 1. The third-order valence-corrected chi connectivity index (χ3v) is 3.69. The second-order valence-corrected chi connectivity index (χ2v) is 4.87. The van der Waals surface area contributed by atoms with Crippen LogP contribution in [-0.2, 0) is 6.67 Å². The minimum Gasteiger partial charge on any atom is -0.336 e. The summed E-state index contributed by atoms with van der Waals surface area (Å²) in [4.78, 5) is 11.2. The van der Waals surface area contributed by atoms with Gasteiger partial charge in [-0.3, -0.25) is 4.99 Å². The largest absolute Gasteiger partial charge is 0.336 e. The van der Waals surface area contributed by atoms with E-state index in [4.69, 9.17) is 0 Å². The van der Waals surface area contributed by atoms with Crippen molar-refractivity contribution in [3.63, 3.8) is 0 Å². The second kappa shape index (κ2) is 4.09. The molecule has 4 heteroatoms. The van der Waals surface area contributed by atoms with Crippen molar-refractivity contribution >= 4 is 17.4 Å². The molecule has 1 aromatic heterocycles. The van der Waals surface area contributed by atoms with Gasteiger partial charge in [-0.1, -0.05) is 36.4 Å². The average molecular weight is 250 g/mol. The lowest BCUT2D eigenvalue weighted by atomic mass is 10.0.